The molecule has 3 fully saturated rings. The van der Waals surface area contributed by atoms with Crippen LogP contribution in [0, 0.1) is 51.8 Å². The summed E-state index contributed by atoms with van der Waals surface area (Å²) < 4.78 is 32.2. The third kappa shape index (κ3) is 25.8. The van der Waals surface area contributed by atoms with Crippen molar-refractivity contribution in [2.24, 2.45) is 51.8 Å². The standard InChI is InChI=1S/C55H97N7O13S4/c1-36(48(66)59-25-23-56-43(64)20-14-12-18-41-47-37(35-76-41)31-44(65)61-47)32-54(5,6)33-40(51(69)70)45(50(68)60-26-24-57-42(63)19-13-11-17-38-21-29-77-78-38)55(7,8)34-39(46(52(71)72)53(2,3)4)49(67)58-22-15-27-62(9,10)28-16-30-79(73,74)75/h36-41,45-47H,11-35H2,1-10H3,(H8-,56,57,58,59,60,61,63,64,65,66,67,68,69,70,71,72,73,74,75)/p+1. The number of hydrogen-bond donors (Lipinski definition) is 9. The number of fused-ring (bicyclic) bond motifs is 1. The quantitative estimate of drug-likeness (QED) is 0.0154. The molecule has 3 saturated heterocycles. The number of aliphatic carboxylic acids is 2. The zero-order chi connectivity index (χ0) is 59.4. The summed E-state index contributed by atoms with van der Waals surface area (Å²) in [5.41, 5.74) is -3.15. The molecule has 6 amide bonds. The number of nitrogens with one attached hydrogen (secondary N) is 6. The molecular weight excluding hydrogens is 1090 g/mol. The molecule has 0 bridgehead atoms. The zero-order valence-electron chi connectivity index (χ0n) is 48.9. The first-order valence-corrected chi connectivity index (χ1v) is 33.5. The third-order valence-electron chi connectivity index (χ3n) is 15.8. The van der Waals surface area contributed by atoms with Crippen molar-refractivity contribution in [1.29, 1.82) is 0 Å². The lowest BCUT2D eigenvalue weighted by molar-refractivity contribution is -0.890. The lowest BCUT2D eigenvalue weighted by Crippen LogP contribution is -2.51. The van der Waals surface area contributed by atoms with E-state index in [-0.39, 0.29) is 93.8 Å². The molecule has 24 heteroatoms. The van der Waals surface area contributed by atoms with Gasteiger partial charge in [0.25, 0.3) is 10.1 Å². The SMILES string of the molecule is CC(CC(C)(C)CC(C(=O)O)C(C(=O)NCCNC(=O)CCCCC1CCSS1)C(C)(C)CC(C(=O)NCCC[N+](C)(C)CCCS(=O)(=O)O)C(C(=O)O)C(C)(C)C)C(=O)NCCNC(=O)CCCCC1SCC2CC(=O)NC21. The molecule has 0 aromatic heterocycles. The van der Waals surface area contributed by atoms with Gasteiger partial charge in [-0.2, -0.15) is 20.2 Å². The number of carboxylic acids is 2. The summed E-state index contributed by atoms with van der Waals surface area (Å²) in [5, 5.41) is 40.3. The van der Waals surface area contributed by atoms with Crippen molar-refractivity contribution in [1.82, 2.24) is 31.9 Å². The second-order valence-corrected chi connectivity index (χ2v) is 31.2. The van der Waals surface area contributed by atoms with E-state index < -0.39 is 79.7 Å². The van der Waals surface area contributed by atoms with Gasteiger partial charge in [0.2, 0.25) is 35.4 Å². The summed E-state index contributed by atoms with van der Waals surface area (Å²) in [6.07, 6.45) is 8.30. The summed E-state index contributed by atoms with van der Waals surface area (Å²) in [7, 11) is 3.44. The highest BCUT2D eigenvalue weighted by molar-refractivity contribution is 8.77. The fraction of sp³-hybridized carbons (Fsp3) is 0.855. The van der Waals surface area contributed by atoms with Crippen LogP contribution in [0.5, 0.6) is 0 Å². The van der Waals surface area contributed by atoms with Gasteiger partial charge in [-0.05, 0) is 79.3 Å². The van der Waals surface area contributed by atoms with Crippen LogP contribution in [-0.2, 0) is 48.5 Å². The first-order chi connectivity index (χ1) is 36.7. The van der Waals surface area contributed by atoms with E-state index in [9.17, 15) is 61.5 Å². The van der Waals surface area contributed by atoms with Gasteiger partial charge >= 0.3 is 11.9 Å². The Hall–Kier alpha value is -3.32. The van der Waals surface area contributed by atoms with Crippen LogP contribution in [-0.4, -0.2) is 169 Å². The van der Waals surface area contributed by atoms with E-state index in [1.807, 2.05) is 61.3 Å². The van der Waals surface area contributed by atoms with Gasteiger partial charge < -0.3 is 46.6 Å². The van der Waals surface area contributed by atoms with E-state index in [4.69, 9.17) is 0 Å². The van der Waals surface area contributed by atoms with Crippen LogP contribution in [0.1, 0.15) is 152 Å². The minimum absolute atomic E-state index is 0.0167. The van der Waals surface area contributed by atoms with Gasteiger partial charge in [0.05, 0.1) is 56.6 Å². The minimum Gasteiger partial charge on any atom is -0.481 e. The predicted molar refractivity (Wildman–Crippen MR) is 313 cm³/mol. The Balaban J connectivity index is 1.73. The summed E-state index contributed by atoms with van der Waals surface area (Å²) in [6.45, 7) is 15.4. The molecule has 0 spiro atoms. The average Bonchev–Trinajstić information content (AvgIpc) is 4.07. The van der Waals surface area contributed by atoms with Crippen LogP contribution in [0.15, 0.2) is 0 Å². The molecule has 3 aliphatic rings. The first-order valence-electron chi connectivity index (χ1n) is 28.5. The van der Waals surface area contributed by atoms with Gasteiger partial charge in [-0.15, -0.1) is 0 Å². The van der Waals surface area contributed by atoms with Crippen molar-refractivity contribution in [3.05, 3.63) is 0 Å². The fourth-order valence-corrected chi connectivity index (χ4v) is 17.0. The molecule has 9 unspecified atom stereocenters. The molecule has 9 atom stereocenters. The molecule has 3 aliphatic heterocycles. The van der Waals surface area contributed by atoms with E-state index in [1.54, 1.807) is 41.5 Å². The van der Waals surface area contributed by atoms with Crippen LogP contribution < -0.4 is 31.9 Å². The molecule has 0 radical (unpaired) electrons. The van der Waals surface area contributed by atoms with Gasteiger partial charge in [0.1, 0.15) is 0 Å². The molecule has 3 rings (SSSR count). The van der Waals surface area contributed by atoms with E-state index >= 15 is 0 Å². The second kappa shape index (κ2) is 32.5. The van der Waals surface area contributed by atoms with Crippen molar-refractivity contribution in [2.75, 3.05) is 77.2 Å². The average molecular weight is 1190 g/mol. The normalized spacial score (nSPS) is 20.7. The Kier molecular flexibility index (Phi) is 28.8. The van der Waals surface area contributed by atoms with E-state index in [0.717, 1.165) is 43.6 Å². The number of nitrogens with zero attached hydrogens (tertiary/aromatic N) is 1. The number of hydrogen-bond acceptors (Lipinski definition) is 13. The number of carbonyl (C=O) groups is 8. The number of unbranched alkanes of at least 4 members (excludes halogenated alkanes) is 2. The molecular formula is C55H98N7O13S4+. The number of carboxylic acid groups (broad SMARTS) is 2. The highest BCUT2D eigenvalue weighted by Gasteiger charge is 2.51. The molecule has 20 nitrogen and oxygen atoms in total. The summed E-state index contributed by atoms with van der Waals surface area (Å²) in [5.74, 6) is -7.82. The number of carbonyl (C=O) groups excluding carboxylic acids is 6. The van der Waals surface area contributed by atoms with Gasteiger partial charge in [0, 0.05) is 93.0 Å². The molecule has 454 valence electrons. The molecule has 0 aromatic rings. The van der Waals surface area contributed by atoms with Crippen LogP contribution >= 0.6 is 33.3 Å². The molecule has 0 aliphatic carbocycles. The van der Waals surface area contributed by atoms with Crippen molar-refractivity contribution in [3.63, 3.8) is 0 Å². The van der Waals surface area contributed by atoms with Crippen molar-refractivity contribution in [3.8, 4) is 0 Å². The maximum Gasteiger partial charge on any atom is 0.307 e. The van der Waals surface area contributed by atoms with Crippen LogP contribution in [0.2, 0.25) is 0 Å². The Morgan fingerprint density at radius 3 is 1.82 bits per heavy atom. The molecule has 79 heavy (non-hydrogen) atoms. The van der Waals surface area contributed by atoms with E-state index in [2.05, 4.69) is 31.9 Å². The predicted octanol–water partition coefficient (Wildman–Crippen LogP) is 5.75. The van der Waals surface area contributed by atoms with Gasteiger partial charge in [-0.1, -0.05) is 89.8 Å². The fourth-order valence-electron chi connectivity index (χ4n) is 11.9. The van der Waals surface area contributed by atoms with Crippen molar-refractivity contribution < 1.29 is 66.0 Å². The molecule has 0 saturated carbocycles. The highest BCUT2D eigenvalue weighted by Crippen LogP contribution is 2.48. The van der Waals surface area contributed by atoms with Crippen LogP contribution in [0.4, 0.5) is 0 Å². The topological polar surface area (TPSA) is 304 Å². The monoisotopic (exact) mass is 1190 g/mol. The summed E-state index contributed by atoms with van der Waals surface area (Å²) >= 11 is 1.89. The first kappa shape index (κ1) is 69.9. The van der Waals surface area contributed by atoms with Crippen molar-refractivity contribution >= 4 is 90.8 Å². The maximum atomic E-state index is 14.7. The lowest BCUT2D eigenvalue weighted by atomic mass is 9.60. The van der Waals surface area contributed by atoms with Crippen LogP contribution in [0.25, 0.3) is 0 Å². The van der Waals surface area contributed by atoms with Crippen molar-refractivity contribution in [2.45, 2.75) is 168 Å². The molecule has 3 heterocycles. The van der Waals surface area contributed by atoms with Gasteiger partial charge in [0.15, 0.2) is 0 Å². The van der Waals surface area contributed by atoms with Gasteiger partial charge in [-0.25, -0.2) is 0 Å². The largest absolute Gasteiger partial charge is 0.481 e. The number of thioether (sulfide) groups is 1. The lowest BCUT2D eigenvalue weighted by Gasteiger charge is -2.43. The molecule has 9 N–H and O–H groups in total. The van der Waals surface area contributed by atoms with E-state index in [0.29, 0.717) is 66.1 Å². The molecule has 0 aromatic carbocycles. The smallest absolute Gasteiger partial charge is 0.307 e. The van der Waals surface area contributed by atoms with E-state index in [1.165, 1.54) is 6.42 Å². The van der Waals surface area contributed by atoms with Gasteiger partial charge in [-0.3, -0.25) is 42.9 Å². The number of rotatable bonds is 38. The van der Waals surface area contributed by atoms with Crippen LogP contribution in [0.3, 0.4) is 0 Å². The Bertz CT molecular complexity index is 2150. The Labute approximate surface area is 483 Å². The number of quaternary nitrogens is 1. The Morgan fingerprint density at radius 1 is 0.696 bits per heavy atom. The minimum atomic E-state index is -4.12. The highest BCUT2D eigenvalue weighted by atomic mass is 33.1. The number of amides is 6. The Morgan fingerprint density at radius 2 is 1.27 bits per heavy atom. The third-order valence-corrected chi connectivity index (χ3v) is 21.2. The summed E-state index contributed by atoms with van der Waals surface area (Å²) in [4.78, 5) is 107. The maximum absolute atomic E-state index is 14.7. The second-order valence-electron chi connectivity index (χ2n) is 25.6. The summed E-state index contributed by atoms with van der Waals surface area (Å²) in [6, 6.07) is 0.225. The zero-order valence-corrected chi connectivity index (χ0v) is 52.1.